The number of thiophene rings is 1. The minimum absolute atomic E-state index is 0.0876. The molecular formula is C12H11N3O3S. The zero-order valence-electron chi connectivity index (χ0n) is 10.4. The van der Waals surface area contributed by atoms with Gasteiger partial charge in [-0.05, 0) is 13.0 Å². The Kier molecular flexibility index (Phi) is 2.83. The monoisotopic (exact) mass is 277 g/mol. The first-order valence-corrected chi connectivity index (χ1v) is 6.46. The lowest BCUT2D eigenvalue weighted by Crippen LogP contribution is -2.02. The van der Waals surface area contributed by atoms with Crippen molar-refractivity contribution in [2.24, 2.45) is 7.05 Å². The average Bonchev–Trinajstić information content (AvgIpc) is 3.08. The van der Waals surface area contributed by atoms with Crippen LogP contribution in [0, 0.1) is 6.92 Å². The summed E-state index contributed by atoms with van der Waals surface area (Å²) in [5, 5.41) is 8.82. The molecule has 0 radical (unpaired) electrons. The van der Waals surface area contributed by atoms with Crippen molar-refractivity contribution >= 4 is 27.5 Å². The van der Waals surface area contributed by atoms with Crippen LogP contribution < -0.4 is 0 Å². The molecule has 0 unspecified atom stereocenters. The first-order chi connectivity index (χ1) is 9.15. The van der Waals surface area contributed by atoms with Gasteiger partial charge in [-0.1, -0.05) is 5.16 Å². The molecule has 3 aromatic rings. The van der Waals surface area contributed by atoms with Crippen molar-refractivity contribution in [2.75, 3.05) is 0 Å². The summed E-state index contributed by atoms with van der Waals surface area (Å²) in [6, 6.07) is 3.47. The molecule has 0 fully saturated rings. The third-order valence-corrected chi connectivity index (χ3v) is 3.92. The molecule has 0 bridgehead atoms. The Morgan fingerprint density at radius 1 is 1.58 bits per heavy atom. The third-order valence-electron chi connectivity index (χ3n) is 2.73. The molecule has 0 saturated carbocycles. The van der Waals surface area contributed by atoms with Crippen molar-refractivity contribution in [1.82, 2.24) is 14.9 Å². The second-order valence-electron chi connectivity index (χ2n) is 4.09. The van der Waals surface area contributed by atoms with E-state index < -0.39 is 0 Å². The average molecular weight is 277 g/mol. The highest BCUT2D eigenvalue weighted by atomic mass is 32.1. The Morgan fingerprint density at radius 3 is 3.11 bits per heavy atom. The summed E-state index contributed by atoms with van der Waals surface area (Å²) in [6.45, 7) is 2.00. The van der Waals surface area contributed by atoms with Crippen LogP contribution in [0.1, 0.15) is 21.1 Å². The Morgan fingerprint density at radius 2 is 2.42 bits per heavy atom. The van der Waals surface area contributed by atoms with Gasteiger partial charge in [0.2, 0.25) is 0 Å². The van der Waals surface area contributed by atoms with Gasteiger partial charge in [0, 0.05) is 18.5 Å². The third kappa shape index (κ3) is 2.12. The van der Waals surface area contributed by atoms with E-state index in [4.69, 9.17) is 9.26 Å². The predicted octanol–water partition coefficient (Wildman–Crippen LogP) is 2.29. The Labute approximate surface area is 112 Å². The largest absolute Gasteiger partial charge is 0.453 e. The van der Waals surface area contributed by atoms with Crippen LogP contribution in [-0.2, 0) is 18.4 Å². The normalized spacial score (nSPS) is 11.1. The predicted molar refractivity (Wildman–Crippen MR) is 69.0 cm³/mol. The van der Waals surface area contributed by atoms with Gasteiger partial charge in [0.1, 0.15) is 9.71 Å². The van der Waals surface area contributed by atoms with Crippen molar-refractivity contribution < 1.29 is 14.1 Å². The number of esters is 1. The van der Waals surface area contributed by atoms with E-state index in [1.54, 1.807) is 10.7 Å². The number of rotatable bonds is 3. The second-order valence-corrected chi connectivity index (χ2v) is 5.12. The van der Waals surface area contributed by atoms with E-state index in [1.807, 2.05) is 20.0 Å². The molecule has 0 aliphatic heterocycles. The van der Waals surface area contributed by atoms with E-state index in [0.717, 1.165) is 15.9 Å². The second kappa shape index (κ2) is 4.51. The van der Waals surface area contributed by atoms with Gasteiger partial charge in [-0.2, -0.15) is 5.10 Å². The van der Waals surface area contributed by atoms with Crippen molar-refractivity contribution in [1.29, 1.82) is 0 Å². The van der Waals surface area contributed by atoms with Gasteiger partial charge < -0.3 is 9.26 Å². The van der Waals surface area contributed by atoms with Gasteiger partial charge in [-0.15, -0.1) is 11.3 Å². The summed E-state index contributed by atoms with van der Waals surface area (Å²) < 4.78 is 11.8. The van der Waals surface area contributed by atoms with E-state index in [-0.39, 0.29) is 12.6 Å². The first kappa shape index (κ1) is 11.9. The fourth-order valence-corrected chi connectivity index (χ4v) is 2.85. The first-order valence-electron chi connectivity index (χ1n) is 5.65. The molecule has 98 valence electrons. The zero-order valence-corrected chi connectivity index (χ0v) is 11.2. The Bertz CT molecular complexity index is 692. The van der Waals surface area contributed by atoms with Crippen LogP contribution in [0.3, 0.4) is 0 Å². The van der Waals surface area contributed by atoms with Crippen LogP contribution >= 0.6 is 11.3 Å². The lowest BCUT2D eigenvalue weighted by molar-refractivity contribution is 0.0443. The Hall–Kier alpha value is -2.15. The molecule has 0 aromatic carbocycles. The van der Waals surface area contributed by atoms with E-state index in [1.165, 1.54) is 17.5 Å². The molecule has 3 rings (SSSR count). The number of ether oxygens (including phenoxy) is 1. The molecule has 0 aliphatic carbocycles. The number of aryl methyl sites for hydroxylation is 2. The highest BCUT2D eigenvalue weighted by Gasteiger charge is 2.16. The lowest BCUT2D eigenvalue weighted by Gasteiger charge is -1.99. The molecule has 7 heteroatoms. The van der Waals surface area contributed by atoms with E-state index in [2.05, 4.69) is 10.3 Å². The Balaban J connectivity index is 1.79. The topological polar surface area (TPSA) is 70.2 Å². The van der Waals surface area contributed by atoms with Gasteiger partial charge in [0.05, 0.1) is 11.9 Å². The summed E-state index contributed by atoms with van der Waals surface area (Å²) >= 11 is 1.37. The van der Waals surface area contributed by atoms with E-state index in [0.29, 0.717) is 10.6 Å². The zero-order chi connectivity index (χ0) is 13.4. The molecule has 0 atom stereocenters. The smallest absolute Gasteiger partial charge is 0.348 e. The molecular weight excluding hydrogens is 266 g/mol. The quantitative estimate of drug-likeness (QED) is 0.687. The number of nitrogens with zero attached hydrogens (tertiary/aromatic N) is 3. The summed E-state index contributed by atoms with van der Waals surface area (Å²) in [4.78, 5) is 13.4. The number of aromatic nitrogens is 3. The summed E-state index contributed by atoms with van der Waals surface area (Å²) in [7, 11) is 1.86. The van der Waals surface area contributed by atoms with Crippen LogP contribution in [0.2, 0.25) is 0 Å². The molecule has 3 heterocycles. The minimum atomic E-state index is -0.364. The summed E-state index contributed by atoms with van der Waals surface area (Å²) in [6.07, 6.45) is 1.51. The van der Waals surface area contributed by atoms with E-state index in [9.17, 15) is 4.79 Å². The fraction of sp³-hybridized carbons (Fsp3) is 0.250. The fourth-order valence-electron chi connectivity index (χ4n) is 1.83. The molecule has 19 heavy (non-hydrogen) atoms. The highest BCUT2D eigenvalue weighted by Crippen LogP contribution is 2.28. The van der Waals surface area contributed by atoms with Gasteiger partial charge in [0.15, 0.2) is 12.4 Å². The van der Waals surface area contributed by atoms with Crippen LogP contribution in [-0.4, -0.2) is 20.9 Å². The van der Waals surface area contributed by atoms with Gasteiger partial charge in [-0.3, -0.25) is 4.68 Å². The number of fused-ring (bicyclic) bond motifs is 1. The van der Waals surface area contributed by atoms with Gasteiger partial charge in [-0.25, -0.2) is 4.79 Å². The summed E-state index contributed by atoms with van der Waals surface area (Å²) in [5.41, 5.74) is 0.906. The molecule has 0 aliphatic rings. The van der Waals surface area contributed by atoms with E-state index >= 15 is 0 Å². The molecule has 0 spiro atoms. The van der Waals surface area contributed by atoms with Crippen molar-refractivity contribution in [3.8, 4) is 0 Å². The molecule has 6 nitrogen and oxygen atoms in total. The standard InChI is InChI=1S/C12H11N3O3S/c1-7-9-5-10(19-11(9)15(2)14-7)12(16)17-6-8-3-4-13-18-8/h3-5H,6H2,1-2H3. The molecule has 0 amide bonds. The number of hydrogen-bond acceptors (Lipinski definition) is 6. The van der Waals surface area contributed by atoms with Crippen molar-refractivity contribution in [2.45, 2.75) is 13.5 Å². The molecule has 0 saturated heterocycles. The maximum Gasteiger partial charge on any atom is 0.348 e. The maximum absolute atomic E-state index is 11.9. The maximum atomic E-state index is 11.9. The summed E-state index contributed by atoms with van der Waals surface area (Å²) in [5.74, 6) is 0.157. The van der Waals surface area contributed by atoms with Crippen molar-refractivity contribution in [3.63, 3.8) is 0 Å². The molecule has 3 aromatic heterocycles. The van der Waals surface area contributed by atoms with Crippen molar-refractivity contribution in [3.05, 3.63) is 34.7 Å². The lowest BCUT2D eigenvalue weighted by atomic mass is 10.3. The number of carbonyl (C=O) groups is 1. The van der Waals surface area contributed by atoms with Gasteiger partial charge in [0.25, 0.3) is 0 Å². The van der Waals surface area contributed by atoms with Crippen LogP contribution in [0.25, 0.3) is 10.2 Å². The van der Waals surface area contributed by atoms with Crippen LogP contribution in [0.4, 0.5) is 0 Å². The minimum Gasteiger partial charge on any atom is -0.453 e. The highest BCUT2D eigenvalue weighted by molar-refractivity contribution is 7.20. The SMILES string of the molecule is Cc1nn(C)c2sc(C(=O)OCc3ccno3)cc12. The van der Waals surface area contributed by atoms with Crippen LogP contribution in [0.5, 0.6) is 0 Å². The number of carbonyl (C=O) groups excluding carboxylic acids is 1. The number of hydrogen-bond donors (Lipinski definition) is 0. The van der Waals surface area contributed by atoms with Crippen LogP contribution in [0.15, 0.2) is 22.9 Å². The molecule has 0 N–H and O–H groups in total. The van der Waals surface area contributed by atoms with Gasteiger partial charge >= 0.3 is 5.97 Å².